The first-order valence-corrected chi connectivity index (χ1v) is 12.2. The van der Waals surface area contributed by atoms with Crippen LogP contribution in [-0.4, -0.2) is 37.5 Å². The molecule has 0 heterocycles. The summed E-state index contributed by atoms with van der Waals surface area (Å²) in [5.74, 6) is 3.13. The summed E-state index contributed by atoms with van der Waals surface area (Å²) in [6.45, 7) is 3.81. The van der Waals surface area contributed by atoms with Gasteiger partial charge >= 0.3 is 0 Å². The summed E-state index contributed by atoms with van der Waals surface area (Å²) in [5.41, 5.74) is 0. The van der Waals surface area contributed by atoms with Gasteiger partial charge in [-0.2, -0.15) is 0 Å². The van der Waals surface area contributed by atoms with Crippen molar-refractivity contribution in [3.63, 3.8) is 0 Å². The maximum Gasteiger partial charge on any atom is 0.0620 e. The molecule has 0 aromatic carbocycles. The summed E-state index contributed by atoms with van der Waals surface area (Å²) in [6, 6.07) is 0.281. The molecule has 0 saturated heterocycles. The van der Waals surface area contributed by atoms with E-state index in [4.69, 9.17) is 4.74 Å². The molecule has 2 saturated carbocycles. The maximum atomic E-state index is 10.1. The van der Waals surface area contributed by atoms with Crippen molar-refractivity contribution in [2.45, 2.75) is 115 Å². The number of rotatable bonds is 14. The lowest BCUT2D eigenvalue weighted by atomic mass is 9.67. The summed E-state index contributed by atoms with van der Waals surface area (Å²) >= 11 is 0. The number of unbranched alkanes of at least 4 members (excludes halogenated alkanes) is 3. The third-order valence-corrected chi connectivity index (χ3v) is 7.22. The number of ether oxygens (including phenoxy) is 1. The Kier molecular flexibility index (Phi) is 12.0. The molecular weight excluding hydrogens is 334 g/mol. The molecule has 3 nitrogen and oxygen atoms in total. The number of fused-ring (bicyclic) bond motifs is 1. The monoisotopic (exact) mass is 381 g/mol. The molecule has 2 fully saturated rings. The van der Waals surface area contributed by atoms with Crippen LogP contribution in [0.3, 0.4) is 0 Å². The lowest BCUT2D eigenvalue weighted by Crippen LogP contribution is -2.34. The average molecular weight is 382 g/mol. The fraction of sp³-hybridized carbons (Fsp3) is 1.00. The summed E-state index contributed by atoms with van der Waals surface area (Å²) in [4.78, 5) is 0. The Hall–Kier alpha value is -0.120. The minimum atomic E-state index is -0.187. The van der Waals surface area contributed by atoms with Gasteiger partial charge in [0.15, 0.2) is 0 Å². The van der Waals surface area contributed by atoms with E-state index in [-0.39, 0.29) is 12.1 Å². The van der Waals surface area contributed by atoms with Crippen molar-refractivity contribution in [2.75, 3.05) is 20.3 Å². The van der Waals surface area contributed by atoms with Crippen LogP contribution in [0.2, 0.25) is 0 Å². The summed E-state index contributed by atoms with van der Waals surface area (Å²) in [7, 11) is 1.98. The number of aliphatic hydroxyl groups is 1. The normalized spacial score (nSPS) is 27.9. The van der Waals surface area contributed by atoms with E-state index in [1.807, 2.05) is 7.05 Å². The largest absolute Gasteiger partial charge is 0.393 e. The van der Waals surface area contributed by atoms with Crippen molar-refractivity contribution >= 4 is 0 Å². The highest BCUT2D eigenvalue weighted by atomic mass is 16.5. The maximum absolute atomic E-state index is 10.1. The molecule has 0 spiro atoms. The van der Waals surface area contributed by atoms with Gasteiger partial charge in [0.05, 0.1) is 12.7 Å². The Bertz CT molecular complexity index is 362. The second-order valence-corrected chi connectivity index (χ2v) is 9.43. The van der Waals surface area contributed by atoms with E-state index in [1.54, 1.807) is 0 Å². The highest BCUT2D eigenvalue weighted by Crippen LogP contribution is 2.43. The van der Waals surface area contributed by atoms with Gasteiger partial charge in [-0.1, -0.05) is 71.1 Å². The average Bonchev–Trinajstić information content (AvgIpc) is 2.69. The van der Waals surface area contributed by atoms with Gasteiger partial charge in [0.2, 0.25) is 0 Å². The van der Waals surface area contributed by atoms with Gasteiger partial charge in [0.25, 0.3) is 0 Å². The standard InChI is InChI=1S/C24H47NO2/c1-3-4-5-13-24(26)18-23(25-2)19-27-16-9-8-10-20-14-15-21-11-6-7-12-22(21)17-20/h20-26H,3-19H2,1-2H3. The molecule has 160 valence electrons. The Labute approximate surface area is 169 Å². The fourth-order valence-electron chi connectivity index (χ4n) is 5.44. The van der Waals surface area contributed by atoms with E-state index < -0.39 is 0 Å². The number of likely N-dealkylation sites (N-methyl/N-ethyl adjacent to an activating group) is 1. The molecule has 2 rings (SSSR count). The van der Waals surface area contributed by atoms with Crippen LogP contribution in [0.4, 0.5) is 0 Å². The number of hydrogen-bond donors (Lipinski definition) is 2. The molecule has 0 aliphatic heterocycles. The molecule has 5 unspecified atom stereocenters. The first kappa shape index (κ1) is 23.2. The highest BCUT2D eigenvalue weighted by molar-refractivity contribution is 4.83. The van der Waals surface area contributed by atoms with E-state index in [2.05, 4.69) is 12.2 Å². The van der Waals surface area contributed by atoms with Gasteiger partial charge in [0.1, 0.15) is 0 Å². The first-order valence-electron chi connectivity index (χ1n) is 12.2. The summed E-state index contributed by atoms with van der Waals surface area (Å²) < 4.78 is 5.91. The highest BCUT2D eigenvalue weighted by Gasteiger charge is 2.31. The van der Waals surface area contributed by atoms with Crippen molar-refractivity contribution < 1.29 is 9.84 Å². The Balaban J connectivity index is 1.47. The zero-order valence-electron chi connectivity index (χ0n) is 18.3. The third-order valence-electron chi connectivity index (χ3n) is 7.22. The molecular formula is C24H47NO2. The Morgan fingerprint density at radius 3 is 2.59 bits per heavy atom. The van der Waals surface area contributed by atoms with Gasteiger partial charge in [-0.15, -0.1) is 0 Å². The van der Waals surface area contributed by atoms with Crippen LogP contribution in [0.25, 0.3) is 0 Å². The van der Waals surface area contributed by atoms with Crippen LogP contribution in [0.5, 0.6) is 0 Å². The van der Waals surface area contributed by atoms with Crippen LogP contribution < -0.4 is 5.32 Å². The van der Waals surface area contributed by atoms with Crippen LogP contribution in [0.1, 0.15) is 103 Å². The molecule has 0 aromatic rings. The second-order valence-electron chi connectivity index (χ2n) is 9.43. The summed E-state index contributed by atoms with van der Waals surface area (Å²) in [5, 5.41) is 13.5. The molecule has 0 bridgehead atoms. The van der Waals surface area contributed by atoms with Gasteiger partial charge in [-0.25, -0.2) is 0 Å². The molecule has 2 aliphatic rings. The quantitative estimate of drug-likeness (QED) is 0.379. The van der Waals surface area contributed by atoms with Gasteiger partial charge in [-0.05, 0) is 56.9 Å². The zero-order chi connectivity index (χ0) is 19.3. The van der Waals surface area contributed by atoms with Gasteiger partial charge < -0.3 is 15.2 Å². The van der Waals surface area contributed by atoms with Crippen molar-refractivity contribution in [2.24, 2.45) is 17.8 Å². The van der Waals surface area contributed by atoms with Gasteiger partial charge in [-0.3, -0.25) is 0 Å². The van der Waals surface area contributed by atoms with E-state index in [0.29, 0.717) is 0 Å². The van der Waals surface area contributed by atoms with Crippen molar-refractivity contribution in [3.05, 3.63) is 0 Å². The predicted octanol–water partition coefficient (Wildman–Crippen LogP) is 5.70. The fourth-order valence-corrected chi connectivity index (χ4v) is 5.44. The van der Waals surface area contributed by atoms with E-state index in [1.165, 1.54) is 77.0 Å². The predicted molar refractivity (Wildman–Crippen MR) is 115 cm³/mol. The number of aliphatic hydroxyl groups excluding tert-OH is 1. The van der Waals surface area contributed by atoms with E-state index >= 15 is 0 Å². The number of nitrogens with one attached hydrogen (secondary N) is 1. The lowest BCUT2D eigenvalue weighted by molar-refractivity contribution is 0.0766. The minimum Gasteiger partial charge on any atom is -0.393 e. The molecule has 0 amide bonds. The van der Waals surface area contributed by atoms with Crippen molar-refractivity contribution in [3.8, 4) is 0 Å². The molecule has 0 radical (unpaired) electrons. The van der Waals surface area contributed by atoms with Crippen LogP contribution in [-0.2, 0) is 4.74 Å². The smallest absolute Gasteiger partial charge is 0.0620 e. The molecule has 2 aliphatic carbocycles. The lowest BCUT2D eigenvalue weighted by Gasteiger charge is -2.39. The van der Waals surface area contributed by atoms with Crippen LogP contribution in [0, 0.1) is 17.8 Å². The van der Waals surface area contributed by atoms with Crippen molar-refractivity contribution in [1.29, 1.82) is 0 Å². The second kappa shape index (κ2) is 14.0. The van der Waals surface area contributed by atoms with Crippen molar-refractivity contribution in [1.82, 2.24) is 5.32 Å². The molecule has 0 aromatic heterocycles. The van der Waals surface area contributed by atoms with Crippen LogP contribution >= 0.6 is 0 Å². The minimum absolute atomic E-state index is 0.187. The third kappa shape index (κ3) is 9.28. The Morgan fingerprint density at radius 1 is 1.00 bits per heavy atom. The summed E-state index contributed by atoms with van der Waals surface area (Å²) in [6.07, 6.45) is 19.6. The van der Waals surface area contributed by atoms with Crippen LogP contribution in [0.15, 0.2) is 0 Å². The molecule has 2 N–H and O–H groups in total. The SMILES string of the molecule is CCCCCC(O)CC(COCCCCC1CCC2CCCCC2C1)NC. The zero-order valence-corrected chi connectivity index (χ0v) is 18.3. The first-order chi connectivity index (χ1) is 13.2. The van der Waals surface area contributed by atoms with E-state index in [0.717, 1.165) is 50.2 Å². The topological polar surface area (TPSA) is 41.5 Å². The van der Waals surface area contributed by atoms with Gasteiger partial charge in [0, 0.05) is 12.6 Å². The van der Waals surface area contributed by atoms with E-state index in [9.17, 15) is 5.11 Å². The Morgan fingerprint density at radius 2 is 1.81 bits per heavy atom. The molecule has 5 atom stereocenters. The molecule has 27 heavy (non-hydrogen) atoms. The molecule has 3 heteroatoms. The number of hydrogen-bond acceptors (Lipinski definition) is 3.